The quantitative estimate of drug-likeness (QED) is 0.221. The van der Waals surface area contributed by atoms with Crippen molar-refractivity contribution in [2.45, 2.75) is 26.0 Å². The van der Waals surface area contributed by atoms with Crippen LogP contribution in [-0.4, -0.2) is 30.8 Å². The number of halogens is 3. The highest BCUT2D eigenvalue weighted by atomic mass is 32.2. The van der Waals surface area contributed by atoms with E-state index in [0.717, 1.165) is 35.0 Å². The third kappa shape index (κ3) is 7.76. The number of Topliss-reactive ketones (excluding diaryl/α,β-unsaturated/α-hetero) is 1. The second-order valence-electron chi connectivity index (χ2n) is 9.15. The topological polar surface area (TPSA) is 114 Å². The number of rotatable bonds is 9. The number of ether oxygens (including phenoxy) is 1. The van der Waals surface area contributed by atoms with Gasteiger partial charge in [0.1, 0.15) is 12.4 Å². The Balaban J connectivity index is 1.34. The minimum atomic E-state index is -5.53. The van der Waals surface area contributed by atoms with E-state index in [0.29, 0.717) is 28.5 Å². The van der Waals surface area contributed by atoms with Crippen molar-refractivity contribution >= 4 is 56.1 Å². The molecule has 1 aliphatic rings. The van der Waals surface area contributed by atoms with Crippen molar-refractivity contribution in [2.75, 3.05) is 4.72 Å². The molecule has 0 saturated carbocycles. The van der Waals surface area contributed by atoms with Crippen LogP contribution in [0.15, 0.2) is 82.7 Å². The van der Waals surface area contributed by atoms with Gasteiger partial charge in [0.05, 0.1) is 10.6 Å². The first-order chi connectivity index (χ1) is 19.3. The highest BCUT2D eigenvalue weighted by Gasteiger charge is 2.46. The van der Waals surface area contributed by atoms with E-state index < -0.39 is 15.5 Å². The number of alkyl halides is 3. The molecular formula is C28H24F3N3O5S2. The smallest absolute Gasteiger partial charge is 0.489 e. The van der Waals surface area contributed by atoms with E-state index in [1.54, 1.807) is 42.5 Å². The van der Waals surface area contributed by atoms with Gasteiger partial charge in [0.25, 0.3) is 5.91 Å². The fraction of sp³-hybridized carbons (Fsp3) is 0.179. The summed E-state index contributed by atoms with van der Waals surface area (Å²) in [6.45, 7) is 4.04. The number of hydrogen-bond donors (Lipinski definition) is 2. The number of amides is 1. The first kappa shape index (κ1) is 29.9. The monoisotopic (exact) mass is 603 g/mol. The predicted octanol–water partition coefficient (Wildman–Crippen LogP) is 6.26. The van der Waals surface area contributed by atoms with Crippen molar-refractivity contribution in [2.24, 2.45) is 10.9 Å². The number of amidine groups is 1. The lowest BCUT2D eigenvalue weighted by Gasteiger charge is -2.10. The molecule has 2 N–H and O–H groups in total. The zero-order valence-electron chi connectivity index (χ0n) is 21.7. The molecule has 0 unspecified atom stereocenters. The average molecular weight is 604 g/mol. The second kappa shape index (κ2) is 12.2. The molecule has 0 aromatic heterocycles. The van der Waals surface area contributed by atoms with Crippen molar-refractivity contribution in [3.8, 4) is 5.75 Å². The number of benzene rings is 3. The van der Waals surface area contributed by atoms with Gasteiger partial charge in [-0.3, -0.25) is 14.3 Å². The highest BCUT2D eigenvalue weighted by Crippen LogP contribution is 2.30. The summed E-state index contributed by atoms with van der Waals surface area (Å²) in [5.41, 5.74) is -3.09. The molecule has 41 heavy (non-hydrogen) atoms. The molecule has 1 amide bonds. The third-order valence-electron chi connectivity index (χ3n) is 5.65. The molecule has 0 spiro atoms. The Hall–Kier alpha value is -4.10. The lowest BCUT2D eigenvalue weighted by Crippen LogP contribution is -2.29. The van der Waals surface area contributed by atoms with Crippen LogP contribution in [-0.2, 0) is 21.4 Å². The molecule has 1 fully saturated rings. The van der Waals surface area contributed by atoms with Crippen LogP contribution in [0.25, 0.3) is 6.08 Å². The van der Waals surface area contributed by atoms with Gasteiger partial charge in [-0.05, 0) is 65.4 Å². The van der Waals surface area contributed by atoms with Crippen molar-refractivity contribution < 1.29 is 35.9 Å². The standard InChI is InChI=1S/C28H24F3N3O5S2/c1-17(2)25(35)20-7-3-19(4-8-20)16-39-23-13-5-18(6-14-23)15-24-26(36)33-27(40-24)32-21-9-11-22(12-10-21)34-41(37,38)28(29,30)31/h3-15,17,34H,16H2,1-2H3,(H,32,33,36)/b24-15-. The molecule has 0 aliphatic carbocycles. The van der Waals surface area contributed by atoms with Gasteiger partial charge in [-0.25, -0.2) is 4.99 Å². The van der Waals surface area contributed by atoms with Crippen LogP contribution in [0.4, 0.5) is 24.5 Å². The van der Waals surface area contributed by atoms with Crippen LogP contribution >= 0.6 is 11.8 Å². The summed E-state index contributed by atoms with van der Waals surface area (Å²) in [7, 11) is -5.53. The van der Waals surface area contributed by atoms with Gasteiger partial charge in [0.2, 0.25) is 0 Å². The lowest BCUT2D eigenvalue weighted by atomic mass is 10.0. The molecule has 0 atom stereocenters. The molecule has 3 aromatic carbocycles. The van der Waals surface area contributed by atoms with E-state index in [9.17, 15) is 31.2 Å². The summed E-state index contributed by atoms with van der Waals surface area (Å²) >= 11 is 1.08. The van der Waals surface area contributed by atoms with Crippen molar-refractivity contribution in [3.05, 3.63) is 94.4 Å². The number of nitrogens with zero attached hydrogens (tertiary/aromatic N) is 1. The van der Waals surface area contributed by atoms with E-state index in [1.165, 1.54) is 16.9 Å². The first-order valence-electron chi connectivity index (χ1n) is 12.2. The molecule has 8 nitrogen and oxygen atoms in total. The van der Waals surface area contributed by atoms with Gasteiger partial charge in [-0.1, -0.05) is 50.2 Å². The highest BCUT2D eigenvalue weighted by molar-refractivity contribution is 8.18. The van der Waals surface area contributed by atoms with Crippen molar-refractivity contribution in [3.63, 3.8) is 0 Å². The Labute approximate surface area is 238 Å². The number of hydrogen-bond acceptors (Lipinski definition) is 7. The molecule has 1 saturated heterocycles. The predicted molar refractivity (Wildman–Crippen MR) is 152 cm³/mol. The summed E-state index contributed by atoms with van der Waals surface area (Å²) < 4.78 is 67.3. The van der Waals surface area contributed by atoms with Crippen LogP contribution in [0.3, 0.4) is 0 Å². The fourth-order valence-corrected chi connectivity index (χ4v) is 4.90. The second-order valence-corrected chi connectivity index (χ2v) is 11.9. The number of nitrogens with one attached hydrogen (secondary N) is 2. The van der Waals surface area contributed by atoms with E-state index in [4.69, 9.17) is 4.74 Å². The number of thioether (sulfide) groups is 1. The number of ketones is 1. The number of anilines is 1. The molecule has 214 valence electrons. The van der Waals surface area contributed by atoms with Gasteiger partial charge in [0, 0.05) is 17.2 Å². The molecule has 0 bridgehead atoms. The fourth-order valence-electron chi connectivity index (χ4n) is 3.49. The number of carbonyl (C=O) groups excluding carboxylic acids is 2. The van der Waals surface area contributed by atoms with Crippen LogP contribution in [0.1, 0.15) is 35.3 Å². The zero-order valence-corrected chi connectivity index (χ0v) is 23.4. The molecule has 4 rings (SSSR count). The Kier molecular flexibility index (Phi) is 8.88. The molecular weight excluding hydrogens is 579 g/mol. The lowest BCUT2D eigenvalue weighted by molar-refractivity contribution is -0.115. The summed E-state index contributed by atoms with van der Waals surface area (Å²) in [4.78, 5) is 29.1. The number of aliphatic imine (C=N–C) groups is 1. The maximum absolute atomic E-state index is 12.5. The van der Waals surface area contributed by atoms with E-state index in [-0.39, 0.29) is 28.5 Å². The minimum Gasteiger partial charge on any atom is -0.489 e. The van der Waals surface area contributed by atoms with Crippen molar-refractivity contribution in [1.82, 2.24) is 5.32 Å². The molecule has 1 heterocycles. The van der Waals surface area contributed by atoms with Gasteiger partial charge < -0.3 is 10.1 Å². The Morgan fingerprint density at radius 2 is 1.66 bits per heavy atom. The zero-order chi connectivity index (χ0) is 29.8. The largest absolute Gasteiger partial charge is 0.516 e. The first-order valence-corrected chi connectivity index (χ1v) is 14.5. The van der Waals surface area contributed by atoms with E-state index in [1.807, 2.05) is 26.0 Å². The number of sulfonamides is 1. The molecule has 1 aliphatic heterocycles. The van der Waals surface area contributed by atoms with E-state index in [2.05, 4.69) is 10.3 Å². The molecule has 13 heteroatoms. The SMILES string of the molecule is CC(C)C(=O)c1ccc(COc2ccc(/C=C3\SC(=Nc4ccc(NS(=O)(=O)C(F)(F)F)cc4)NC3=O)cc2)cc1. The van der Waals surface area contributed by atoms with Gasteiger partial charge in [-0.2, -0.15) is 21.6 Å². The maximum atomic E-state index is 12.5. The van der Waals surface area contributed by atoms with Gasteiger partial charge in [-0.15, -0.1) is 0 Å². The maximum Gasteiger partial charge on any atom is 0.516 e. The van der Waals surface area contributed by atoms with Crippen LogP contribution in [0.2, 0.25) is 0 Å². The Bertz CT molecular complexity index is 1600. The Morgan fingerprint density at radius 3 is 2.24 bits per heavy atom. The normalized spacial score (nSPS) is 15.8. The van der Waals surface area contributed by atoms with Crippen LogP contribution < -0.4 is 14.8 Å². The van der Waals surface area contributed by atoms with Crippen LogP contribution in [0.5, 0.6) is 5.75 Å². The molecule has 3 aromatic rings. The van der Waals surface area contributed by atoms with Gasteiger partial charge >= 0.3 is 15.5 Å². The summed E-state index contributed by atoms with van der Waals surface area (Å²) in [5.74, 6) is 0.272. The van der Waals surface area contributed by atoms with E-state index >= 15 is 0 Å². The number of carbonyl (C=O) groups is 2. The van der Waals surface area contributed by atoms with Crippen molar-refractivity contribution in [1.29, 1.82) is 0 Å². The third-order valence-corrected chi connectivity index (χ3v) is 7.68. The summed E-state index contributed by atoms with van der Waals surface area (Å²) in [6, 6.07) is 19.3. The minimum absolute atomic E-state index is 0.0690. The van der Waals surface area contributed by atoms with Crippen LogP contribution in [0, 0.1) is 5.92 Å². The molecule has 0 radical (unpaired) electrons. The van der Waals surface area contributed by atoms with Gasteiger partial charge in [0.15, 0.2) is 11.0 Å². The summed E-state index contributed by atoms with van der Waals surface area (Å²) in [5, 5.41) is 2.87. The summed E-state index contributed by atoms with van der Waals surface area (Å²) in [6.07, 6.45) is 1.67. The average Bonchev–Trinajstić information content (AvgIpc) is 3.26. The Morgan fingerprint density at radius 1 is 1.02 bits per heavy atom.